The van der Waals surface area contributed by atoms with Crippen LogP contribution in [0.2, 0.25) is 10.0 Å². The van der Waals surface area contributed by atoms with Crippen molar-refractivity contribution in [2.45, 2.75) is 63.0 Å². The molecule has 0 spiro atoms. The van der Waals surface area contributed by atoms with Crippen molar-refractivity contribution in [3.8, 4) is 5.75 Å². The molecule has 1 saturated heterocycles. The number of halogens is 2. The van der Waals surface area contributed by atoms with Crippen LogP contribution < -0.4 is 15.0 Å². The molecule has 0 aromatic heterocycles. The monoisotopic (exact) mass is 416 g/mol. The second-order valence-corrected chi connectivity index (χ2v) is 9.12. The molecule has 27 heavy (non-hydrogen) atoms. The standard InChI is InChI=1S/C21H32Cl2N2O2/c22-17-7-8-20(19(23)13-17)27-15-18(26)14-24-16-21(9-3-1-4-10-21)25-11-5-2-6-12-25/h7-8,13,18,24,26H,1-6,9-12,14-16H2/p+2/t18-/m1/s1. The Bertz CT molecular complexity index is 588. The smallest absolute Gasteiger partial charge is 0.147 e. The predicted molar refractivity (Wildman–Crippen MR) is 110 cm³/mol. The number of nitrogens with two attached hydrogens (primary N) is 1. The van der Waals surface area contributed by atoms with Crippen molar-refractivity contribution >= 4 is 23.2 Å². The first kappa shape index (κ1) is 21.2. The van der Waals surface area contributed by atoms with Gasteiger partial charge in [-0.25, -0.2) is 0 Å². The Hall–Kier alpha value is -0.520. The zero-order chi connectivity index (χ0) is 19.1. The third-order valence-corrected chi connectivity index (χ3v) is 6.85. The summed E-state index contributed by atoms with van der Waals surface area (Å²) in [6, 6.07) is 5.15. The molecule has 1 aromatic carbocycles. The van der Waals surface area contributed by atoms with Crippen molar-refractivity contribution < 1.29 is 20.1 Å². The van der Waals surface area contributed by atoms with Crippen LogP contribution in [0.4, 0.5) is 0 Å². The van der Waals surface area contributed by atoms with Crippen LogP contribution in [-0.2, 0) is 0 Å². The maximum atomic E-state index is 10.3. The number of hydrogen-bond donors (Lipinski definition) is 3. The fourth-order valence-corrected chi connectivity index (χ4v) is 5.30. The van der Waals surface area contributed by atoms with E-state index >= 15 is 0 Å². The molecule has 3 rings (SSSR count). The molecule has 1 heterocycles. The topological polar surface area (TPSA) is 50.5 Å². The second kappa shape index (κ2) is 10.3. The van der Waals surface area contributed by atoms with E-state index in [9.17, 15) is 5.11 Å². The molecule has 1 aliphatic heterocycles. The molecule has 1 aromatic rings. The van der Waals surface area contributed by atoms with E-state index in [0.29, 0.717) is 27.9 Å². The summed E-state index contributed by atoms with van der Waals surface area (Å²) in [5.41, 5.74) is 0.415. The number of ether oxygens (including phenoxy) is 1. The van der Waals surface area contributed by atoms with E-state index in [-0.39, 0.29) is 6.61 Å². The molecule has 2 aliphatic rings. The van der Waals surface area contributed by atoms with E-state index in [1.807, 2.05) is 4.90 Å². The average molecular weight is 417 g/mol. The summed E-state index contributed by atoms with van der Waals surface area (Å²) in [6.07, 6.45) is 10.4. The van der Waals surface area contributed by atoms with Gasteiger partial charge in [0, 0.05) is 17.9 Å². The van der Waals surface area contributed by atoms with Crippen LogP contribution in [0.15, 0.2) is 18.2 Å². The van der Waals surface area contributed by atoms with Crippen molar-refractivity contribution in [1.82, 2.24) is 0 Å². The number of hydrogen-bond acceptors (Lipinski definition) is 2. The summed E-state index contributed by atoms with van der Waals surface area (Å²) in [5.74, 6) is 0.571. The number of rotatable bonds is 8. The Morgan fingerprint density at radius 3 is 2.48 bits per heavy atom. The van der Waals surface area contributed by atoms with Gasteiger partial charge >= 0.3 is 0 Å². The number of benzene rings is 1. The first-order valence-electron chi connectivity index (χ1n) is 10.5. The van der Waals surface area contributed by atoms with E-state index < -0.39 is 6.10 Å². The van der Waals surface area contributed by atoms with Gasteiger partial charge in [-0.3, -0.25) is 0 Å². The first-order valence-corrected chi connectivity index (χ1v) is 11.3. The fraction of sp³-hybridized carbons (Fsp3) is 0.714. The maximum Gasteiger partial charge on any atom is 0.147 e. The van der Waals surface area contributed by atoms with Crippen LogP contribution in [0.1, 0.15) is 51.4 Å². The van der Waals surface area contributed by atoms with E-state index in [1.54, 1.807) is 18.2 Å². The molecule has 152 valence electrons. The lowest BCUT2D eigenvalue weighted by atomic mass is 9.79. The third kappa shape index (κ3) is 5.98. The highest BCUT2D eigenvalue weighted by Crippen LogP contribution is 2.27. The quantitative estimate of drug-likeness (QED) is 0.607. The van der Waals surface area contributed by atoms with Crippen LogP contribution in [0.3, 0.4) is 0 Å². The number of likely N-dealkylation sites (tertiary alicyclic amines) is 1. The van der Waals surface area contributed by atoms with Gasteiger partial charge in [0.2, 0.25) is 0 Å². The predicted octanol–water partition coefficient (Wildman–Crippen LogP) is 2.07. The third-order valence-electron chi connectivity index (χ3n) is 6.32. The molecule has 4 N–H and O–H groups in total. The normalized spacial score (nSPS) is 21.7. The van der Waals surface area contributed by atoms with Gasteiger partial charge in [0.25, 0.3) is 0 Å². The average Bonchev–Trinajstić information content (AvgIpc) is 2.69. The SMILES string of the molecule is O[C@H](C[NH2+]CC1([NH+]2CCCCC2)CCCCC1)COc1ccc(Cl)cc1Cl. The molecule has 0 unspecified atom stereocenters. The van der Waals surface area contributed by atoms with E-state index in [0.717, 1.165) is 6.54 Å². The van der Waals surface area contributed by atoms with Crippen molar-refractivity contribution in [3.05, 3.63) is 28.2 Å². The van der Waals surface area contributed by atoms with Gasteiger partial charge in [-0.05, 0) is 50.3 Å². The Morgan fingerprint density at radius 1 is 1.07 bits per heavy atom. The Labute approximate surface area is 173 Å². The molecule has 1 atom stereocenters. The number of aliphatic hydroxyl groups is 1. The van der Waals surface area contributed by atoms with Gasteiger partial charge in [-0.15, -0.1) is 0 Å². The van der Waals surface area contributed by atoms with Gasteiger partial charge in [-0.1, -0.05) is 29.6 Å². The van der Waals surface area contributed by atoms with Crippen molar-refractivity contribution in [2.24, 2.45) is 0 Å². The second-order valence-electron chi connectivity index (χ2n) is 8.27. The lowest BCUT2D eigenvalue weighted by Gasteiger charge is -2.43. The molecule has 0 radical (unpaired) electrons. The van der Waals surface area contributed by atoms with E-state index in [2.05, 4.69) is 5.32 Å². The molecule has 6 heteroatoms. The summed E-state index contributed by atoms with van der Waals surface area (Å²) in [5, 5.41) is 13.7. The molecule has 0 amide bonds. The van der Waals surface area contributed by atoms with Gasteiger partial charge in [0.15, 0.2) is 0 Å². The Kier molecular flexibility index (Phi) is 8.10. The summed E-state index contributed by atoms with van der Waals surface area (Å²) in [4.78, 5) is 1.82. The van der Waals surface area contributed by atoms with Crippen LogP contribution >= 0.6 is 23.2 Å². The molecule has 2 fully saturated rings. The molecular weight excluding hydrogens is 383 g/mol. The summed E-state index contributed by atoms with van der Waals surface area (Å²) in [6.45, 7) is 4.69. The van der Waals surface area contributed by atoms with Crippen LogP contribution in [0, 0.1) is 0 Å². The fourth-order valence-electron chi connectivity index (χ4n) is 4.84. The maximum absolute atomic E-state index is 10.3. The van der Waals surface area contributed by atoms with Crippen LogP contribution in [-0.4, -0.2) is 49.5 Å². The molecule has 0 bridgehead atoms. The zero-order valence-electron chi connectivity index (χ0n) is 16.2. The zero-order valence-corrected chi connectivity index (χ0v) is 17.7. The molecular formula is C21H34Cl2N2O2+2. The minimum atomic E-state index is -0.506. The van der Waals surface area contributed by atoms with Crippen LogP contribution in [0.5, 0.6) is 5.75 Å². The van der Waals surface area contributed by atoms with Gasteiger partial charge in [0.05, 0.1) is 18.1 Å². The van der Waals surface area contributed by atoms with Crippen molar-refractivity contribution in [1.29, 1.82) is 0 Å². The number of piperidine rings is 1. The lowest BCUT2D eigenvalue weighted by Crippen LogP contribution is -3.24. The number of aliphatic hydroxyl groups excluding tert-OH is 1. The largest absolute Gasteiger partial charge is 0.489 e. The molecule has 1 saturated carbocycles. The number of quaternary nitrogens is 2. The number of nitrogens with one attached hydrogen (secondary N) is 1. The highest BCUT2D eigenvalue weighted by molar-refractivity contribution is 6.35. The van der Waals surface area contributed by atoms with Gasteiger partial charge in [-0.2, -0.15) is 0 Å². The minimum absolute atomic E-state index is 0.251. The Balaban J connectivity index is 1.46. The molecule has 4 nitrogen and oxygen atoms in total. The lowest BCUT2D eigenvalue weighted by molar-refractivity contribution is -0.972. The molecule has 1 aliphatic carbocycles. The van der Waals surface area contributed by atoms with E-state index in [4.69, 9.17) is 27.9 Å². The summed E-state index contributed by atoms with van der Waals surface area (Å²) in [7, 11) is 0. The van der Waals surface area contributed by atoms with Crippen molar-refractivity contribution in [2.75, 3.05) is 32.8 Å². The van der Waals surface area contributed by atoms with E-state index in [1.165, 1.54) is 64.5 Å². The van der Waals surface area contributed by atoms with Gasteiger partial charge < -0.3 is 20.1 Å². The van der Waals surface area contributed by atoms with Crippen LogP contribution in [0.25, 0.3) is 0 Å². The van der Waals surface area contributed by atoms with Crippen molar-refractivity contribution in [3.63, 3.8) is 0 Å². The van der Waals surface area contributed by atoms with Gasteiger partial charge in [0.1, 0.15) is 37.1 Å². The Morgan fingerprint density at radius 2 is 1.78 bits per heavy atom. The minimum Gasteiger partial charge on any atom is -0.489 e. The summed E-state index contributed by atoms with van der Waals surface area (Å²) < 4.78 is 5.67. The first-order chi connectivity index (χ1) is 13.1. The highest BCUT2D eigenvalue weighted by Gasteiger charge is 2.43. The highest BCUT2D eigenvalue weighted by atomic mass is 35.5. The summed E-state index contributed by atoms with van der Waals surface area (Å²) >= 11 is 12.0.